The first-order valence-electron chi connectivity index (χ1n) is 8.95. The lowest BCUT2D eigenvalue weighted by Crippen LogP contribution is -2.09. The molecule has 0 heterocycles. The van der Waals surface area contributed by atoms with E-state index in [1.165, 1.54) is 19.3 Å². The highest BCUT2D eigenvalue weighted by molar-refractivity contribution is 7.48. The molecule has 0 aliphatic rings. The molecule has 0 aromatic heterocycles. The molecular weight excluding hydrogens is 329 g/mol. The SMILES string of the molecule is CCCCCCC(C#N)CP(Oc1ccccc1)Oc1ccccc1. The predicted octanol–water partition coefficient (Wildman–Crippen LogP) is 6.57. The van der Waals surface area contributed by atoms with Crippen molar-refractivity contribution in [3.63, 3.8) is 0 Å². The Morgan fingerprint density at radius 2 is 1.44 bits per heavy atom. The number of unbranched alkanes of at least 4 members (excludes halogenated alkanes) is 3. The molecule has 0 aliphatic heterocycles. The maximum absolute atomic E-state index is 9.51. The number of hydrogen-bond acceptors (Lipinski definition) is 3. The van der Waals surface area contributed by atoms with Crippen LogP contribution in [0.2, 0.25) is 0 Å². The largest absolute Gasteiger partial charge is 0.439 e. The maximum atomic E-state index is 9.51. The quantitative estimate of drug-likeness (QED) is 0.338. The summed E-state index contributed by atoms with van der Waals surface area (Å²) < 4.78 is 12.1. The molecule has 2 rings (SSSR count). The Morgan fingerprint density at radius 1 is 0.880 bits per heavy atom. The Kier molecular flexibility index (Phi) is 8.87. The van der Waals surface area contributed by atoms with Gasteiger partial charge in [-0.05, 0) is 30.7 Å². The van der Waals surface area contributed by atoms with Crippen LogP contribution in [-0.2, 0) is 0 Å². The highest BCUT2D eigenvalue weighted by atomic mass is 31.2. The van der Waals surface area contributed by atoms with Crippen molar-refractivity contribution in [3.8, 4) is 17.6 Å². The van der Waals surface area contributed by atoms with E-state index in [9.17, 15) is 5.26 Å². The molecule has 0 fully saturated rings. The van der Waals surface area contributed by atoms with Gasteiger partial charge in [-0.25, -0.2) is 0 Å². The third-order valence-corrected chi connectivity index (χ3v) is 5.43. The highest BCUT2D eigenvalue weighted by Crippen LogP contribution is 2.42. The fourth-order valence-electron chi connectivity index (χ4n) is 2.49. The van der Waals surface area contributed by atoms with Gasteiger partial charge in [-0.2, -0.15) is 5.26 Å². The van der Waals surface area contributed by atoms with Gasteiger partial charge in [-0.1, -0.05) is 69.0 Å². The molecular formula is C21H26NO2P. The van der Waals surface area contributed by atoms with Crippen molar-refractivity contribution in [1.82, 2.24) is 0 Å². The van der Waals surface area contributed by atoms with Gasteiger partial charge >= 0.3 is 0 Å². The van der Waals surface area contributed by atoms with Gasteiger partial charge in [0.25, 0.3) is 8.38 Å². The lowest BCUT2D eigenvalue weighted by atomic mass is 10.0. The first-order chi connectivity index (χ1) is 12.3. The zero-order valence-electron chi connectivity index (χ0n) is 14.8. The molecule has 0 saturated carbocycles. The highest BCUT2D eigenvalue weighted by Gasteiger charge is 2.21. The summed E-state index contributed by atoms with van der Waals surface area (Å²) in [4.78, 5) is 0. The normalized spacial score (nSPS) is 11.7. The summed E-state index contributed by atoms with van der Waals surface area (Å²) in [7, 11) is -1.21. The average molecular weight is 355 g/mol. The van der Waals surface area contributed by atoms with Gasteiger partial charge in [-0.15, -0.1) is 0 Å². The van der Waals surface area contributed by atoms with E-state index in [1.807, 2.05) is 60.7 Å². The number of nitrogens with zero attached hydrogens (tertiary/aromatic N) is 1. The Hall–Kier alpha value is -2.04. The minimum Gasteiger partial charge on any atom is -0.439 e. The summed E-state index contributed by atoms with van der Waals surface area (Å²) in [6, 6.07) is 21.8. The standard InChI is InChI=1S/C21H26NO2P/c1-2-3-4-7-12-19(17-22)18-25(23-20-13-8-5-9-14-20)24-21-15-10-6-11-16-21/h5-6,8-11,13-16,19H,2-4,7,12,18H2,1H3. The third-order valence-electron chi connectivity index (χ3n) is 3.86. The molecule has 25 heavy (non-hydrogen) atoms. The molecule has 0 radical (unpaired) electrons. The van der Waals surface area contributed by atoms with Crippen LogP contribution in [0, 0.1) is 17.2 Å². The van der Waals surface area contributed by atoms with E-state index >= 15 is 0 Å². The Morgan fingerprint density at radius 3 is 1.92 bits per heavy atom. The third kappa shape index (κ3) is 7.59. The van der Waals surface area contributed by atoms with Crippen molar-refractivity contribution in [2.75, 3.05) is 6.16 Å². The molecule has 0 saturated heterocycles. The lowest BCUT2D eigenvalue weighted by Gasteiger charge is -2.20. The van der Waals surface area contributed by atoms with Crippen molar-refractivity contribution < 1.29 is 9.05 Å². The summed E-state index contributed by atoms with van der Waals surface area (Å²) in [5.74, 6) is 1.54. The van der Waals surface area contributed by atoms with E-state index in [2.05, 4.69) is 13.0 Å². The van der Waals surface area contributed by atoms with E-state index in [4.69, 9.17) is 9.05 Å². The van der Waals surface area contributed by atoms with Crippen molar-refractivity contribution in [2.45, 2.75) is 39.0 Å². The molecule has 0 N–H and O–H groups in total. The molecule has 3 nitrogen and oxygen atoms in total. The van der Waals surface area contributed by atoms with Crippen LogP contribution in [0.25, 0.3) is 0 Å². The Bertz CT molecular complexity index is 586. The van der Waals surface area contributed by atoms with E-state index in [0.29, 0.717) is 6.16 Å². The predicted molar refractivity (Wildman–Crippen MR) is 104 cm³/mol. The van der Waals surface area contributed by atoms with E-state index in [0.717, 1.165) is 24.3 Å². The molecule has 132 valence electrons. The second-order valence-electron chi connectivity index (χ2n) is 6.00. The molecule has 4 heteroatoms. The minimum absolute atomic E-state index is 0.0320. The first kappa shape index (κ1) is 19.3. The van der Waals surface area contributed by atoms with Crippen LogP contribution in [0.4, 0.5) is 0 Å². The molecule has 0 aliphatic carbocycles. The van der Waals surface area contributed by atoms with Gasteiger partial charge < -0.3 is 9.05 Å². The van der Waals surface area contributed by atoms with Crippen LogP contribution < -0.4 is 9.05 Å². The van der Waals surface area contributed by atoms with Gasteiger partial charge in [0.1, 0.15) is 11.5 Å². The second kappa shape index (κ2) is 11.5. The van der Waals surface area contributed by atoms with Crippen molar-refractivity contribution in [1.29, 1.82) is 5.26 Å². The molecule has 1 unspecified atom stereocenters. The maximum Gasteiger partial charge on any atom is 0.291 e. The summed E-state index contributed by atoms with van der Waals surface area (Å²) in [5, 5.41) is 9.51. The monoisotopic (exact) mass is 355 g/mol. The zero-order valence-corrected chi connectivity index (χ0v) is 15.7. The number of nitriles is 1. The van der Waals surface area contributed by atoms with Crippen molar-refractivity contribution in [3.05, 3.63) is 60.7 Å². The smallest absolute Gasteiger partial charge is 0.291 e. The van der Waals surface area contributed by atoms with Crippen LogP contribution in [0.15, 0.2) is 60.7 Å². The van der Waals surface area contributed by atoms with Gasteiger partial charge in [0, 0.05) is 0 Å². The minimum atomic E-state index is -1.21. The van der Waals surface area contributed by atoms with Crippen LogP contribution in [0.1, 0.15) is 39.0 Å². The Balaban J connectivity index is 1.98. The van der Waals surface area contributed by atoms with Gasteiger partial charge in [0.05, 0.1) is 18.1 Å². The number of benzene rings is 2. The summed E-state index contributed by atoms with van der Waals surface area (Å²) >= 11 is 0. The lowest BCUT2D eigenvalue weighted by molar-refractivity contribution is 0.473. The fraction of sp³-hybridized carbons (Fsp3) is 0.381. The van der Waals surface area contributed by atoms with E-state index in [-0.39, 0.29) is 5.92 Å². The molecule has 1 atom stereocenters. The Labute approximate surface area is 152 Å². The number of rotatable bonds is 11. The van der Waals surface area contributed by atoms with Gasteiger partial charge in [-0.3, -0.25) is 0 Å². The molecule has 2 aromatic rings. The van der Waals surface area contributed by atoms with E-state index < -0.39 is 8.38 Å². The molecule has 0 spiro atoms. The zero-order chi connectivity index (χ0) is 17.7. The van der Waals surface area contributed by atoms with Gasteiger partial charge in [0.15, 0.2) is 0 Å². The second-order valence-corrected chi connectivity index (χ2v) is 7.40. The van der Waals surface area contributed by atoms with Crippen LogP contribution >= 0.6 is 8.38 Å². The van der Waals surface area contributed by atoms with Crippen LogP contribution in [-0.4, -0.2) is 6.16 Å². The topological polar surface area (TPSA) is 42.2 Å². The van der Waals surface area contributed by atoms with Crippen LogP contribution in [0.3, 0.4) is 0 Å². The van der Waals surface area contributed by atoms with Crippen molar-refractivity contribution in [2.24, 2.45) is 5.92 Å². The van der Waals surface area contributed by atoms with Crippen molar-refractivity contribution >= 4 is 8.38 Å². The summed E-state index contributed by atoms with van der Waals surface area (Å²) in [6.45, 7) is 2.20. The summed E-state index contributed by atoms with van der Waals surface area (Å²) in [5.41, 5.74) is 0. The molecule has 0 bridgehead atoms. The summed E-state index contributed by atoms with van der Waals surface area (Å²) in [6.07, 6.45) is 6.25. The van der Waals surface area contributed by atoms with Gasteiger partial charge in [0.2, 0.25) is 0 Å². The average Bonchev–Trinajstić information content (AvgIpc) is 2.66. The fourth-order valence-corrected chi connectivity index (χ4v) is 4.01. The number of hydrogen-bond donors (Lipinski definition) is 0. The number of para-hydroxylation sites is 2. The van der Waals surface area contributed by atoms with E-state index in [1.54, 1.807) is 0 Å². The molecule has 2 aromatic carbocycles. The van der Waals surface area contributed by atoms with Crippen LogP contribution in [0.5, 0.6) is 11.5 Å². The first-order valence-corrected chi connectivity index (χ1v) is 10.3. The molecule has 0 amide bonds.